The van der Waals surface area contributed by atoms with E-state index in [-0.39, 0.29) is 17.5 Å². The van der Waals surface area contributed by atoms with Crippen LogP contribution in [0.5, 0.6) is 0 Å². The average Bonchev–Trinajstić information content (AvgIpc) is 2.77. The first-order valence-electron chi connectivity index (χ1n) is 11.1. The number of benzene rings is 1. The van der Waals surface area contributed by atoms with Crippen LogP contribution in [0, 0.1) is 6.92 Å². The molecule has 180 valence electrons. The summed E-state index contributed by atoms with van der Waals surface area (Å²) < 4.78 is 39.8. The maximum atomic E-state index is 13.3. The van der Waals surface area contributed by atoms with Gasteiger partial charge < -0.3 is 16.0 Å². The van der Waals surface area contributed by atoms with Crippen molar-refractivity contribution in [3.8, 4) is 0 Å². The van der Waals surface area contributed by atoms with Gasteiger partial charge in [-0.1, -0.05) is 0 Å². The molecule has 3 heterocycles. The van der Waals surface area contributed by atoms with Crippen molar-refractivity contribution in [1.82, 2.24) is 19.9 Å². The van der Waals surface area contributed by atoms with Crippen molar-refractivity contribution in [2.45, 2.75) is 51.7 Å². The molecule has 2 aromatic heterocycles. The number of carbonyl (C=O) groups excluding carboxylic acids is 1. The van der Waals surface area contributed by atoms with Crippen LogP contribution in [0.3, 0.4) is 0 Å². The fourth-order valence-corrected chi connectivity index (χ4v) is 4.38. The summed E-state index contributed by atoms with van der Waals surface area (Å²) in [5, 5.41) is 3.93. The third-order valence-corrected chi connectivity index (χ3v) is 6.25. The van der Waals surface area contributed by atoms with Crippen LogP contribution in [-0.4, -0.2) is 38.8 Å². The molecule has 1 aliphatic rings. The number of rotatable bonds is 4. The van der Waals surface area contributed by atoms with Crippen molar-refractivity contribution in [3.05, 3.63) is 53.0 Å². The van der Waals surface area contributed by atoms with Crippen LogP contribution in [0.1, 0.15) is 61.2 Å². The molecule has 1 amide bonds. The molecule has 3 aromatic rings. The van der Waals surface area contributed by atoms with Gasteiger partial charge in [-0.25, -0.2) is 15.0 Å². The smallest absolute Gasteiger partial charge is 0.399 e. The van der Waals surface area contributed by atoms with E-state index in [4.69, 9.17) is 5.73 Å². The van der Waals surface area contributed by atoms with Crippen molar-refractivity contribution < 1.29 is 18.0 Å². The second-order valence-electron chi connectivity index (χ2n) is 8.79. The van der Waals surface area contributed by atoms with Gasteiger partial charge in [0.25, 0.3) is 0 Å². The molecule has 1 saturated heterocycles. The number of nitrogens with one attached hydrogen (secondary N) is 1. The Kier molecular flexibility index (Phi) is 6.33. The van der Waals surface area contributed by atoms with E-state index in [1.165, 1.54) is 6.07 Å². The summed E-state index contributed by atoms with van der Waals surface area (Å²) in [5.74, 6) is 1.33. The molecule has 0 bridgehead atoms. The van der Waals surface area contributed by atoms with E-state index in [2.05, 4.69) is 20.3 Å². The number of nitrogens with zero attached hydrogens (tertiary/aromatic N) is 4. The number of hydrogen-bond acceptors (Lipinski definition) is 6. The van der Waals surface area contributed by atoms with Gasteiger partial charge in [0.1, 0.15) is 11.6 Å². The molecule has 1 aliphatic heterocycles. The Morgan fingerprint density at radius 2 is 1.88 bits per heavy atom. The molecule has 0 radical (unpaired) electrons. The second-order valence-corrected chi connectivity index (χ2v) is 8.79. The van der Waals surface area contributed by atoms with Crippen LogP contribution in [0.2, 0.25) is 0 Å². The Balaban J connectivity index is 1.64. The van der Waals surface area contributed by atoms with Crippen molar-refractivity contribution in [2.75, 3.05) is 24.1 Å². The first-order chi connectivity index (χ1) is 16.0. The van der Waals surface area contributed by atoms with Crippen LogP contribution in [0.25, 0.3) is 11.0 Å². The molecule has 0 unspecified atom stereocenters. The maximum Gasteiger partial charge on any atom is 0.416 e. The van der Waals surface area contributed by atoms with Gasteiger partial charge in [-0.15, -0.1) is 0 Å². The average molecular weight is 473 g/mol. The van der Waals surface area contributed by atoms with Crippen LogP contribution >= 0.6 is 0 Å². The van der Waals surface area contributed by atoms with E-state index in [0.29, 0.717) is 41.3 Å². The van der Waals surface area contributed by atoms with Gasteiger partial charge in [0.05, 0.1) is 17.0 Å². The predicted molar refractivity (Wildman–Crippen MR) is 124 cm³/mol. The number of alkyl halides is 3. The van der Waals surface area contributed by atoms with Gasteiger partial charge in [-0.3, -0.25) is 4.79 Å². The van der Waals surface area contributed by atoms with Crippen molar-refractivity contribution in [2.24, 2.45) is 0 Å². The number of anilines is 2. The number of nitrogens with two attached hydrogens (primary N) is 1. The third kappa shape index (κ3) is 5.05. The number of halogens is 3. The summed E-state index contributed by atoms with van der Waals surface area (Å²) in [6.45, 7) is 6.47. The molecule has 10 heteroatoms. The lowest BCUT2D eigenvalue weighted by Crippen LogP contribution is -2.36. The number of hydrogen-bond donors (Lipinski definition) is 2. The van der Waals surface area contributed by atoms with E-state index >= 15 is 0 Å². The number of carbonyl (C=O) groups is 1. The molecule has 1 aromatic carbocycles. The lowest BCUT2D eigenvalue weighted by atomic mass is 9.90. The number of nitrogen functional groups attached to an aromatic ring is 1. The van der Waals surface area contributed by atoms with Crippen molar-refractivity contribution in [3.63, 3.8) is 0 Å². The molecule has 0 aliphatic carbocycles. The molecule has 0 spiro atoms. The van der Waals surface area contributed by atoms with E-state index in [9.17, 15) is 18.0 Å². The highest BCUT2D eigenvalue weighted by atomic mass is 19.4. The first kappa shape index (κ1) is 23.7. The number of aromatic nitrogens is 3. The van der Waals surface area contributed by atoms with E-state index < -0.39 is 17.8 Å². The van der Waals surface area contributed by atoms with Crippen LogP contribution < -0.4 is 11.1 Å². The summed E-state index contributed by atoms with van der Waals surface area (Å²) in [7, 11) is 0. The summed E-state index contributed by atoms with van der Waals surface area (Å²) in [4.78, 5) is 26.9. The Labute approximate surface area is 195 Å². The Morgan fingerprint density at radius 3 is 2.53 bits per heavy atom. The van der Waals surface area contributed by atoms with Gasteiger partial charge in [-0.2, -0.15) is 13.2 Å². The highest BCUT2D eigenvalue weighted by Gasteiger charge is 2.31. The zero-order chi connectivity index (χ0) is 24.6. The van der Waals surface area contributed by atoms with Crippen molar-refractivity contribution in [1.29, 1.82) is 0 Å². The molecule has 4 rings (SSSR count). The largest absolute Gasteiger partial charge is 0.416 e. The Morgan fingerprint density at radius 1 is 1.18 bits per heavy atom. The van der Waals surface area contributed by atoms with Gasteiger partial charge in [0, 0.05) is 31.9 Å². The van der Waals surface area contributed by atoms with E-state index in [0.717, 1.165) is 30.5 Å². The number of likely N-dealkylation sites (tertiary alicyclic amines) is 1. The molecule has 3 N–H and O–H groups in total. The minimum atomic E-state index is -4.49. The number of amides is 1. The number of aryl methyl sites for hydroxylation is 1. The molecule has 0 saturated carbocycles. The number of pyridine rings is 1. The fraction of sp³-hybridized carbons (Fsp3) is 0.417. The highest BCUT2D eigenvalue weighted by Crippen LogP contribution is 2.35. The Bertz CT molecular complexity index is 1220. The Hall–Kier alpha value is -3.43. The lowest BCUT2D eigenvalue weighted by molar-refractivity contribution is -0.137. The minimum absolute atomic E-state index is 0.0445. The highest BCUT2D eigenvalue weighted by molar-refractivity contribution is 5.87. The number of piperidine rings is 1. The van der Waals surface area contributed by atoms with Gasteiger partial charge in [0.2, 0.25) is 5.91 Å². The molecule has 34 heavy (non-hydrogen) atoms. The maximum absolute atomic E-state index is 13.3. The van der Waals surface area contributed by atoms with Crippen LogP contribution in [0.4, 0.5) is 24.7 Å². The van der Waals surface area contributed by atoms with Crippen LogP contribution in [0.15, 0.2) is 30.5 Å². The third-order valence-electron chi connectivity index (χ3n) is 6.25. The fourth-order valence-electron chi connectivity index (χ4n) is 4.38. The van der Waals surface area contributed by atoms with Crippen molar-refractivity contribution >= 4 is 28.4 Å². The quantitative estimate of drug-likeness (QED) is 0.528. The van der Waals surface area contributed by atoms with Gasteiger partial charge >= 0.3 is 6.18 Å². The summed E-state index contributed by atoms with van der Waals surface area (Å²) in [6, 6.07) is 5.04. The standard InChI is InChI=1S/C24H27F3N6O/c1-13(17-8-19(24(25,26)27)11-20(28)9-17)30-23-21-10-18(12-29-22(21)31-14(2)32-23)16-4-6-33(7-5-16)15(3)34/h8-13,16H,4-7,28H2,1-3H3,(H,29,30,31,32)/t13-/m1/s1. The molecular formula is C24H27F3N6O. The summed E-state index contributed by atoms with van der Waals surface area (Å²) in [6.07, 6.45) is -1.01. The van der Waals surface area contributed by atoms with E-state index in [1.807, 2.05) is 17.2 Å². The second kappa shape index (κ2) is 9.08. The SMILES string of the molecule is CC(=O)N1CCC(c2cnc3nc(C)nc(N[C@H](C)c4cc(N)cc(C(F)(F)F)c4)c3c2)CC1. The zero-order valence-corrected chi connectivity index (χ0v) is 19.3. The lowest BCUT2D eigenvalue weighted by Gasteiger charge is -2.31. The normalized spacial score (nSPS) is 16.0. The molecule has 1 fully saturated rings. The zero-order valence-electron chi connectivity index (χ0n) is 19.3. The monoisotopic (exact) mass is 472 g/mol. The topological polar surface area (TPSA) is 97.0 Å². The van der Waals surface area contributed by atoms with Crippen LogP contribution in [-0.2, 0) is 11.0 Å². The molecule has 1 atom stereocenters. The van der Waals surface area contributed by atoms with Gasteiger partial charge in [-0.05, 0) is 68.0 Å². The predicted octanol–water partition coefficient (Wildman–Crippen LogP) is 4.83. The molecule has 7 nitrogen and oxygen atoms in total. The summed E-state index contributed by atoms with van der Waals surface area (Å²) in [5.41, 5.74) is 6.94. The number of fused-ring (bicyclic) bond motifs is 1. The first-order valence-corrected chi connectivity index (χ1v) is 11.1. The van der Waals surface area contributed by atoms with E-state index in [1.54, 1.807) is 20.8 Å². The summed E-state index contributed by atoms with van der Waals surface area (Å²) >= 11 is 0. The molecular weight excluding hydrogens is 445 g/mol. The van der Waals surface area contributed by atoms with Gasteiger partial charge in [0.15, 0.2) is 5.65 Å². The minimum Gasteiger partial charge on any atom is -0.399 e.